The Morgan fingerprint density at radius 1 is 0.284 bits per heavy atom. The Balaban J connectivity index is 0.000000147. The fourth-order valence-electron chi connectivity index (χ4n) is 16.8. The van der Waals surface area contributed by atoms with Crippen LogP contribution in [-0.4, -0.2) is 209 Å². The van der Waals surface area contributed by atoms with Gasteiger partial charge in [-0.3, -0.25) is 0 Å². The topological polar surface area (TPSA) is 350 Å². The summed E-state index contributed by atoms with van der Waals surface area (Å²) in [6.45, 7) is 8.73. The van der Waals surface area contributed by atoms with Gasteiger partial charge in [-0.2, -0.15) is 44.9 Å². The van der Waals surface area contributed by atoms with Gasteiger partial charge in [0.2, 0.25) is 53.5 Å². The average Bonchev–Trinajstić information content (AvgIpc) is 0.773. The first kappa shape index (κ1) is 96.8. The molecule has 724 valence electrons. The van der Waals surface area contributed by atoms with Crippen LogP contribution in [0.3, 0.4) is 0 Å². The lowest BCUT2D eigenvalue weighted by Crippen LogP contribution is -2.47. The van der Waals surface area contributed by atoms with Crippen LogP contribution < -0.4 is 105 Å². The molecule has 11 aromatic carbocycles. The maximum absolute atomic E-state index is 6.33. The molecule has 141 heavy (non-hydrogen) atoms. The second kappa shape index (κ2) is 46.1. The van der Waals surface area contributed by atoms with E-state index in [2.05, 4.69) is 132 Å². The van der Waals surface area contributed by atoms with E-state index in [1.165, 1.54) is 11.3 Å². The van der Waals surface area contributed by atoms with Gasteiger partial charge in [0.15, 0.2) is 0 Å². The summed E-state index contributed by atoms with van der Waals surface area (Å²) in [4.78, 5) is 65.7. The fraction of sp³-hybridized carbons (Fsp3) is 0.257. The van der Waals surface area contributed by atoms with Crippen molar-refractivity contribution in [3.63, 3.8) is 0 Å². The van der Waals surface area contributed by atoms with Gasteiger partial charge in [-0.1, -0.05) is 83.3 Å². The highest BCUT2D eigenvalue weighted by molar-refractivity contribution is 6.32. The predicted molar refractivity (Wildman–Crippen MR) is 570 cm³/mol. The van der Waals surface area contributed by atoms with Crippen LogP contribution in [0.2, 0.25) is 15.1 Å². The highest BCUT2D eigenvalue weighted by Crippen LogP contribution is 2.41. The van der Waals surface area contributed by atoms with Crippen molar-refractivity contribution in [2.24, 2.45) is 0 Å². The molecule has 2 saturated heterocycles. The molecule has 0 saturated carbocycles. The van der Waals surface area contributed by atoms with Gasteiger partial charge < -0.3 is 105 Å². The van der Waals surface area contributed by atoms with E-state index >= 15 is 0 Å². The molecule has 0 amide bonds. The van der Waals surface area contributed by atoms with Crippen LogP contribution in [0.4, 0.5) is 93.3 Å². The predicted octanol–water partition coefficient (Wildman–Crippen LogP) is 21.1. The summed E-state index contributed by atoms with van der Waals surface area (Å²) in [6.07, 6.45) is 3.65. The van der Waals surface area contributed by atoms with Crippen LogP contribution in [0, 0.1) is 0 Å². The number of hydrogen-bond acceptors (Lipinski definition) is 33. The molecule has 36 heteroatoms. The standard InChI is InChI=1S/C39H41ClN8O3.C37H38ClN9O3.C29H31ClN8O2/c1-49-29-11-13-34-33(24-29)36(32-12-10-27(40)20-35(32)44-34)41-16-7-17-42-37-45-38(43-28-21-30(50-2)23-31(22-28)51-3)47-39(46-37)48-18-14-26(15-19-48)25-8-5-4-6-9-25;1-48-27-10-12-32-31(23-27)34(30-11-9-24(38)19-33(30)42-32)39-13-14-40-35-43-36(41-25-20-28(49-2)22-29(21-25)50-3)45-37(44-35)47-17-15-46(16-18-47)26-7-5-4-6-8-26;1-38(2)29-36-27(35-28(37-29)33-19-7-9-20(39-3)10-8-19)32-15-5-14-31-26-22-12-6-18(30)16-25(22)34-24-13-11-21(40-4)17-23(24)26/h4-6,8-13,20-24,26H,7,14-19H2,1-3H3,(H,41,44)(H2,42,43,45,46,47);4-12,19-23H,13-18H2,1-3H3,(H,39,42)(H2,40,41,43,44,45);6-13,16-17H,5,14-15H2,1-4H3,(H,31,34)(H2,32,33,35,36,37). The molecule has 0 spiro atoms. The minimum atomic E-state index is 0.404. The summed E-state index contributed by atoms with van der Waals surface area (Å²) in [5.41, 5.74) is 12.9. The molecule has 17 aromatic rings. The number of methoxy groups -OCH3 is 8. The van der Waals surface area contributed by atoms with Crippen molar-refractivity contribution in [3.8, 4) is 46.0 Å². The number of aromatic nitrogens is 12. The molecular weight excluding hydrogens is 1850 g/mol. The number of halogens is 3. The van der Waals surface area contributed by atoms with Gasteiger partial charge in [-0.05, 0) is 183 Å². The van der Waals surface area contributed by atoms with E-state index in [-0.39, 0.29) is 0 Å². The number of anilines is 16. The van der Waals surface area contributed by atoms with Gasteiger partial charge in [0.25, 0.3) is 0 Å². The van der Waals surface area contributed by atoms with Crippen molar-refractivity contribution in [3.05, 3.63) is 251 Å². The van der Waals surface area contributed by atoms with Crippen molar-refractivity contribution in [2.45, 2.75) is 31.6 Å². The average molecular weight is 1960 g/mol. The number of piperazine rings is 1. The molecule has 6 aromatic heterocycles. The third-order valence-corrected chi connectivity index (χ3v) is 24.7. The van der Waals surface area contributed by atoms with Gasteiger partial charge in [-0.15, -0.1) is 0 Å². The molecule has 0 atom stereocenters. The maximum Gasteiger partial charge on any atom is 0.233 e. The zero-order valence-corrected chi connectivity index (χ0v) is 82.2. The van der Waals surface area contributed by atoms with Gasteiger partial charge in [0.1, 0.15) is 46.0 Å². The molecule has 0 radical (unpaired) electrons. The van der Waals surface area contributed by atoms with E-state index in [1.807, 2.05) is 195 Å². The van der Waals surface area contributed by atoms with Crippen molar-refractivity contribution in [1.29, 1.82) is 0 Å². The SMILES string of the molecule is COc1cc(Nc2nc(NCCCNc3c4ccc(Cl)cc4nc4ccc(OC)cc34)nc(N3CCC(c4ccccc4)CC3)n2)cc(OC)c1.COc1cc(Nc2nc(NCCNc3c4ccc(Cl)cc4nc4ccc(OC)cc34)nc(N3CCN(c4ccccc4)CC3)n2)cc(OC)c1.COc1ccc(Nc2nc(NCCCNc3c4ccc(Cl)cc4nc4ccc(OC)cc34)nc(N(C)C)n2)cc1. The third kappa shape index (κ3) is 24.5. The highest BCUT2D eigenvalue weighted by Gasteiger charge is 2.27. The molecule has 9 N–H and O–H groups in total. The fourth-order valence-corrected chi connectivity index (χ4v) is 17.3. The van der Waals surface area contributed by atoms with Gasteiger partial charge >= 0.3 is 0 Å². The number of fused-ring (bicyclic) bond motifs is 6. The van der Waals surface area contributed by atoms with Crippen molar-refractivity contribution < 1.29 is 37.9 Å². The second-order valence-corrected chi connectivity index (χ2v) is 34.7. The Morgan fingerprint density at radius 2 is 0.624 bits per heavy atom. The van der Waals surface area contributed by atoms with E-state index in [9.17, 15) is 0 Å². The van der Waals surface area contributed by atoms with E-state index in [0.717, 1.165) is 187 Å². The molecule has 2 fully saturated rings. The van der Waals surface area contributed by atoms with Crippen molar-refractivity contribution >= 4 is 194 Å². The van der Waals surface area contributed by atoms with Gasteiger partial charge in [-0.25, -0.2) is 15.0 Å². The number of para-hydroxylation sites is 1. The number of piperidine rings is 1. The first-order chi connectivity index (χ1) is 68.9. The molecule has 0 aliphatic carbocycles. The first-order valence-corrected chi connectivity index (χ1v) is 47.4. The van der Waals surface area contributed by atoms with Crippen LogP contribution in [0.25, 0.3) is 65.4 Å². The van der Waals surface area contributed by atoms with Gasteiger partial charge in [0.05, 0.1) is 107 Å². The first-order valence-electron chi connectivity index (χ1n) is 46.3. The number of ether oxygens (including phenoxy) is 8. The summed E-state index contributed by atoms with van der Waals surface area (Å²) in [7, 11) is 16.9. The minimum absolute atomic E-state index is 0.404. The molecule has 2 aliphatic rings. The summed E-state index contributed by atoms with van der Waals surface area (Å²) in [6, 6.07) is 74.8. The van der Waals surface area contributed by atoms with E-state index in [4.69, 9.17) is 118 Å². The number of rotatable bonds is 36. The maximum atomic E-state index is 6.33. The largest absolute Gasteiger partial charge is 0.497 e. The Labute approximate surface area is 831 Å². The molecule has 0 bridgehead atoms. The quantitative estimate of drug-likeness (QED) is 0.0130. The number of nitrogens with one attached hydrogen (secondary N) is 9. The zero-order valence-electron chi connectivity index (χ0n) is 79.9. The van der Waals surface area contributed by atoms with Crippen LogP contribution in [-0.2, 0) is 0 Å². The third-order valence-electron chi connectivity index (χ3n) is 24.0. The summed E-state index contributed by atoms with van der Waals surface area (Å²) in [5.74, 6) is 10.7. The summed E-state index contributed by atoms with van der Waals surface area (Å²) >= 11 is 18.9. The molecule has 33 nitrogen and oxygen atoms in total. The number of pyridine rings is 3. The molecule has 8 heterocycles. The lowest BCUT2D eigenvalue weighted by molar-refractivity contribution is 0.394. The van der Waals surface area contributed by atoms with E-state index < -0.39 is 0 Å². The number of nitrogens with zero attached hydrogens (tertiary/aromatic N) is 16. The Morgan fingerprint density at radius 3 is 1.04 bits per heavy atom. The lowest BCUT2D eigenvalue weighted by Gasteiger charge is -2.36. The second-order valence-electron chi connectivity index (χ2n) is 33.4. The smallest absolute Gasteiger partial charge is 0.233 e. The van der Waals surface area contributed by atoms with E-state index in [1.54, 1.807) is 56.9 Å². The van der Waals surface area contributed by atoms with Crippen LogP contribution >= 0.6 is 34.8 Å². The van der Waals surface area contributed by atoms with E-state index in [0.29, 0.717) is 137 Å². The van der Waals surface area contributed by atoms with Crippen LogP contribution in [0.1, 0.15) is 37.2 Å². The Kier molecular flexibility index (Phi) is 31.6. The lowest BCUT2D eigenvalue weighted by atomic mass is 9.90. The van der Waals surface area contributed by atoms with Gasteiger partial charge in [0, 0.05) is 199 Å². The number of benzene rings is 11. The number of hydrogen-bond donors (Lipinski definition) is 9. The Bertz CT molecular complexity index is 7160. The van der Waals surface area contributed by atoms with Crippen molar-refractivity contribution in [1.82, 2.24) is 59.8 Å². The van der Waals surface area contributed by atoms with Crippen LogP contribution in [0.15, 0.2) is 231 Å². The monoisotopic (exact) mass is 1950 g/mol. The van der Waals surface area contributed by atoms with Crippen LogP contribution in [0.5, 0.6) is 46.0 Å². The minimum Gasteiger partial charge on any atom is -0.497 e. The molecular formula is C105H110Cl3N25O8. The zero-order chi connectivity index (χ0) is 97.7. The summed E-state index contributed by atoms with van der Waals surface area (Å²) in [5, 5.41) is 38.8. The molecule has 19 rings (SSSR count). The molecule has 0 unspecified atom stereocenters. The summed E-state index contributed by atoms with van der Waals surface area (Å²) < 4.78 is 43.7. The Hall–Kier alpha value is -15.9. The molecule has 2 aliphatic heterocycles. The normalized spacial score (nSPS) is 12.5. The van der Waals surface area contributed by atoms with Crippen molar-refractivity contribution in [2.75, 3.05) is 217 Å². The highest BCUT2D eigenvalue weighted by atomic mass is 35.5.